The van der Waals surface area contributed by atoms with E-state index in [0.29, 0.717) is 31.1 Å². The number of carbonyl (C=O) groups excluding carboxylic acids is 2. The van der Waals surface area contributed by atoms with Gasteiger partial charge in [0.15, 0.2) is 11.5 Å². The van der Waals surface area contributed by atoms with Gasteiger partial charge in [-0.15, -0.1) is 11.8 Å². The van der Waals surface area contributed by atoms with Crippen LogP contribution in [0.25, 0.3) is 0 Å². The molecule has 32 heavy (non-hydrogen) atoms. The maximum atomic E-state index is 13.2. The van der Waals surface area contributed by atoms with Crippen molar-refractivity contribution in [2.24, 2.45) is 0 Å². The number of benzene rings is 2. The molecule has 0 aliphatic carbocycles. The fraction of sp³-hybridized carbons (Fsp3) is 0.417. The molecule has 1 unspecified atom stereocenters. The van der Waals surface area contributed by atoms with Crippen molar-refractivity contribution in [1.82, 2.24) is 4.90 Å². The molecule has 8 heteroatoms. The van der Waals surface area contributed by atoms with E-state index in [0.717, 1.165) is 21.8 Å². The number of nitrogens with zero attached hydrogens (tertiary/aromatic N) is 1. The maximum Gasteiger partial charge on any atom is 0.307 e. The van der Waals surface area contributed by atoms with Crippen molar-refractivity contribution in [2.75, 3.05) is 40.2 Å². The maximum absolute atomic E-state index is 13.2. The summed E-state index contributed by atoms with van der Waals surface area (Å²) in [5.74, 6) is 1.88. The van der Waals surface area contributed by atoms with Crippen LogP contribution < -0.4 is 14.2 Å². The van der Waals surface area contributed by atoms with Gasteiger partial charge in [0.2, 0.25) is 5.91 Å². The van der Waals surface area contributed by atoms with Crippen LogP contribution in [0.15, 0.2) is 41.3 Å². The zero-order valence-electron chi connectivity index (χ0n) is 18.9. The molecule has 2 aromatic carbocycles. The molecule has 1 heterocycles. The lowest BCUT2D eigenvalue weighted by Crippen LogP contribution is -2.42. The van der Waals surface area contributed by atoms with Gasteiger partial charge in [-0.3, -0.25) is 9.59 Å². The molecule has 7 nitrogen and oxygen atoms in total. The summed E-state index contributed by atoms with van der Waals surface area (Å²) in [7, 11) is 4.51. The van der Waals surface area contributed by atoms with Gasteiger partial charge < -0.3 is 23.8 Å². The van der Waals surface area contributed by atoms with Gasteiger partial charge in [-0.25, -0.2) is 0 Å². The topological polar surface area (TPSA) is 74.3 Å². The summed E-state index contributed by atoms with van der Waals surface area (Å²) < 4.78 is 21.2. The van der Waals surface area contributed by atoms with Crippen LogP contribution in [0.3, 0.4) is 0 Å². The van der Waals surface area contributed by atoms with E-state index in [1.165, 1.54) is 18.9 Å². The standard InChI is InChI=1S/C24H29NO6S/c1-5-31-17-6-8-18(9-7-17)32-15-23(26)25-11-10-16-12-21(28-2)22(29-3)13-19(16)20(25)14-24(27)30-4/h6-9,12-13,20H,5,10-11,14-15H2,1-4H3. The Bertz CT molecular complexity index is 946. The molecular weight excluding hydrogens is 430 g/mol. The summed E-state index contributed by atoms with van der Waals surface area (Å²) in [5, 5.41) is 0. The Morgan fingerprint density at radius 1 is 1.06 bits per heavy atom. The summed E-state index contributed by atoms with van der Waals surface area (Å²) >= 11 is 1.46. The van der Waals surface area contributed by atoms with E-state index < -0.39 is 6.04 Å². The van der Waals surface area contributed by atoms with Crippen molar-refractivity contribution in [3.63, 3.8) is 0 Å². The number of rotatable bonds is 9. The monoisotopic (exact) mass is 459 g/mol. The molecule has 0 N–H and O–H groups in total. The first-order valence-corrected chi connectivity index (χ1v) is 11.5. The van der Waals surface area contributed by atoms with E-state index in [1.807, 2.05) is 43.3 Å². The normalized spacial score (nSPS) is 15.0. The van der Waals surface area contributed by atoms with Gasteiger partial charge in [0.05, 0.1) is 46.2 Å². The molecule has 0 saturated carbocycles. The minimum atomic E-state index is -0.417. The van der Waals surface area contributed by atoms with Crippen molar-refractivity contribution in [1.29, 1.82) is 0 Å². The van der Waals surface area contributed by atoms with Crippen LogP contribution in [-0.4, -0.2) is 57.0 Å². The molecule has 1 atom stereocenters. The number of amides is 1. The largest absolute Gasteiger partial charge is 0.494 e. The van der Waals surface area contributed by atoms with E-state index in [9.17, 15) is 9.59 Å². The van der Waals surface area contributed by atoms with Gasteiger partial charge in [-0.1, -0.05) is 0 Å². The van der Waals surface area contributed by atoms with E-state index >= 15 is 0 Å². The molecule has 0 saturated heterocycles. The molecule has 1 aliphatic rings. The summed E-state index contributed by atoms with van der Waals surface area (Å²) in [4.78, 5) is 28.1. The molecule has 3 rings (SSSR count). The van der Waals surface area contributed by atoms with Crippen molar-refractivity contribution < 1.29 is 28.5 Å². The second-order valence-electron chi connectivity index (χ2n) is 7.23. The van der Waals surface area contributed by atoms with Crippen molar-refractivity contribution >= 4 is 23.6 Å². The molecule has 172 valence electrons. The van der Waals surface area contributed by atoms with Gasteiger partial charge in [-0.05, 0) is 60.9 Å². The molecule has 0 radical (unpaired) electrons. The van der Waals surface area contributed by atoms with Crippen LogP contribution in [0.1, 0.15) is 30.5 Å². The predicted molar refractivity (Wildman–Crippen MR) is 123 cm³/mol. The van der Waals surface area contributed by atoms with E-state index in [1.54, 1.807) is 19.1 Å². The van der Waals surface area contributed by atoms with Crippen LogP contribution in [-0.2, 0) is 20.7 Å². The summed E-state index contributed by atoms with van der Waals surface area (Å²) in [6.07, 6.45) is 0.755. The summed E-state index contributed by atoms with van der Waals surface area (Å²) in [6, 6.07) is 11.0. The number of thioether (sulfide) groups is 1. The minimum Gasteiger partial charge on any atom is -0.494 e. The quantitative estimate of drug-likeness (QED) is 0.416. The first kappa shape index (κ1) is 23.8. The zero-order chi connectivity index (χ0) is 23.1. The summed E-state index contributed by atoms with van der Waals surface area (Å²) in [6.45, 7) is 3.07. The second kappa shape index (κ2) is 11.1. The van der Waals surface area contributed by atoms with Crippen LogP contribution in [0, 0.1) is 0 Å². The molecule has 0 aromatic heterocycles. The molecule has 0 spiro atoms. The number of esters is 1. The van der Waals surface area contributed by atoms with E-state index in [-0.39, 0.29) is 24.1 Å². The van der Waals surface area contributed by atoms with Crippen molar-refractivity contribution in [3.05, 3.63) is 47.5 Å². The number of ether oxygens (including phenoxy) is 4. The van der Waals surface area contributed by atoms with Crippen LogP contribution in [0.5, 0.6) is 17.2 Å². The third-order valence-corrected chi connectivity index (χ3v) is 6.40. The molecule has 2 aromatic rings. The number of fused-ring (bicyclic) bond motifs is 1. The molecule has 1 amide bonds. The first-order chi connectivity index (χ1) is 15.5. The predicted octanol–water partition coefficient (Wildman–Crippen LogP) is 3.88. The lowest BCUT2D eigenvalue weighted by Gasteiger charge is -2.37. The third-order valence-electron chi connectivity index (χ3n) is 5.41. The average Bonchev–Trinajstić information content (AvgIpc) is 2.82. The Morgan fingerprint density at radius 2 is 1.75 bits per heavy atom. The van der Waals surface area contributed by atoms with Crippen LogP contribution in [0.2, 0.25) is 0 Å². The van der Waals surface area contributed by atoms with Gasteiger partial charge in [0, 0.05) is 11.4 Å². The number of carbonyl (C=O) groups is 2. The number of methoxy groups -OCH3 is 3. The highest BCUT2D eigenvalue weighted by Crippen LogP contribution is 2.40. The Labute approximate surface area is 193 Å². The van der Waals surface area contributed by atoms with Crippen molar-refractivity contribution in [2.45, 2.75) is 30.7 Å². The lowest BCUT2D eigenvalue weighted by atomic mass is 9.90. The van der Waals surface area contributed by atoms with Gasteiger partial charge >= 0.3 is 5.97 Å². The highest BCUT2D eigenvalue weighted by atomic mass is 32.2. The van der Waals surface area contributed by atoms with Gasteiger partial charge in [0.1, 0.15) is 5.75 Å². The van der Waals surface area contributed by atoms with Gasteiger partial charge in [0.25, 0.3) is 0 Å². The Kier molecular flexibility index (Phi) is 8.27. The Balaban J connectivity index is 1.79. The minimum absolute atomic E-state index is 0.0294. The molecule has 1 aliphatic heterocycles. The fourth-order valence-corrected chi connectivity index (χ4v) is 4.60. The number of hydrogen-bond acceptors (Lipinski definition) is 7. The Hall–Kier alpha value is -2.87. The second-order valence-corrected chi connectivity index (χ2v) is 8.28. The highest BCUT2D eigenvalue weighted by Gasteiger charge is 2.33. The third kappa shape index (κ3) is 5.48. The SMILES string of the molecule is CCOc1ccc(SCC(=O)N2CCc3cc(OC)c(OC)cc3C2CC(=O)OC)cc1. The van der Waals surface area contributed by atoms with Crippen LogP contribution >= 0.6 is 11.8 Å². The van der Waals surface area contributed by atoms with E-state index in [2.05, 4.69) is 0 Å². The summed E-state index contributed by atoms with van der Waals surface area (Å²) in [5.41, 5.74) is 1.93. The van der Waals surface area contributed by atoms with Crippen LogP contribution in [0.4, 0.5) is 0 Å². The smallest absolute Gasteiger partial charge is 0.307 e. The van der Waals surface area contributed by atoms with E-state index in [4.69, 9.17) is 18.9 Å². The molecule has 0 bridgehead atoms. The van der Waals surface area contributed by atoms with Crippen molar-refractivity contribution in [3.8, 4) is 17.2 Å². The number of hydrogen-bond donors (Lipinski definition) is 0. The first-order valence-electron chi connectivity index (χ1n) is 10.5. The lowest BCUT2D eigenvalue weighted by molar-refractivity contribution is -0.143. The fourth-order valence-electron chi connectivity index (χ4n) is 3.81. The highest BCUT2D eigenvalue weighted by molar-refractivity contribution is 8.00. The Morgan fingerprint density at radius 3 is 2.38 bits per heavy atom. The molecule has 0 fully saturated rings. The average molecular weight is 460 g/mol. The molecular formula is C24H29NO6S. The van der Waals surface area contributed by atoms with Gasteiger partial charge in [-0.2, -0.15) is 0 Å². The zero-order valence-corrected chi connectivity index (χ0v) is 19.7.